The summed E-state index contributed by atoms with van der Waals surface area (Å²) in [5.41, 5.74) is 2.08. The topological polar surface area (TPSA) is 42.2 Å². The molecule has 1 atom stereocenters. The molecule has 0 saturated carbocycles. The molecule has 4 rings (SSSR count). The Morgan fingerprint density at radius 3 is 2.23 bits per heavy atom. The van der Waals surface area contributed by atoms with E-state index >= 15 is 0 Å². The van der Waals surface area contributed by atoms with Gasteiger partial charge in [-0.15, -0.1) is 10.2 Å². The van der Waals surface area contributed by atoms with Gasteiger partial charge in [0.15, 0.2) is 0 Å². The third kappa shape index (κ3) is 3.81. The maximum absolute atomic E-state index is 6.11. The number of nitrogens with zero attached hydrogens (tertiary/aromatic N) is 3. The highest BCUT2D eigenvalue weighted by Gasteiger charge is 2.28. The molecule has 1 aliphatic rings. The molecule has 5 heteroatoms. The van der Waals surface area contributed by atoms with Crippen LogP contribution in [0.15, 0.2) is 59.0 Å². The molecule has 0 bridgehead atoms. The van der Waals surface area contributed by atoms with Crippen LogP contribution in [0.3, 0.4) is 0 Å². The Balaban J connectivity index is 1.70. The number of hydrogen-bond donors (Lipinski definition) is 0. The fraction of sp³-hybridized carbons (Fsp3) is 0.333. The minimum absolute atomic E-state index is 0.0321. The van der Waals surface area contributed by atoms with Crippen LogP contribution in [-0.4, -0.2) is 28.2 Å². The molecule has 0 unspecified atom stereocenters. The smallest absolute Gasteiger partial charge is 0.247 e. The van der Waals surface area contributed by atoms with Crippen LogP contribution < -0.4 is 0 Å². The molecular weight excluding hydrogens is 346 g/mol. The Kier molecular flexibility index (Phi) is 5.32. The number of rotatable bonds is 4. The molecule has 0 aliphatic carbocycles. The zero-order chi connectivity index (χ0) is 17.8. The molecule has 4 nitrogen and oxygen atoms in total. The van der Waals surface area contributed by atoms with E-state index in [0.29, 0.717) is 11.8 Å². The van der Waals surface area contributed by atoms with Gasteiger partial charge in [0.2, 0.25) is 11.8 Å². The summed E-state index contributed by atoms with van der Waals surface area (Å²) in [6, 6.07) is 17.8. The van der Waals surface area contributed by atoms with Gasteiger partial charge in [-0.05, 0) is 55.8 Å². The molecule has 1 aliphatic heterocycles. The zero-order valence-electron chi connectivity index (χ0n) is 14.6. The number of aromatic nitrogens is 2. The second-order valence-corrected chi connectivity index (χ2v) is 7.15. The van der Waals surface area contributed by atoms with Gasteiger partial charge in [0.1, 0.15) is 6.04 Å². The Morgan fingerprint density at radius 2 is 1.54 bits per heavy atom. The van der Waals surface area contributed by atoms with Gasteiger partial charge in [0.25, 0.3) is 0 Å². The quantitative estimate of drug-likeness (QED) is 0.622. The highest BCUT2D eigenvalue weighted by Crippen LogP contribution is 2.32. The highest BCUT2D eigenvalue weighted by molar-refractivity contribution is 6.30. The number of halogens is 1. The van der Waals surface area contributed by atoms with E-state index in [1.165, 1.54) is 25.7 Å². The fourth-order valence-corrected chi connectivity index (χ4v) is 3.68. The lowest BCUT2D eigenvalue weighted by Crippen LogP contribution is -2.30. The van der Waals surface area contributed by atoms with E-state index in [0.717, 1.165) is 29.2 Å². The van der Waals surface area contributed by atoms with Crippen molar-refractivity contribution in [3.05, 3.63) is 71.1 Å². The summed E-state index contributed by atoms with van der Waals surface area (Å²) in [5, 5.41) is 9.44. The lowest BCUT2D eigenvalue weighted by molar-refractivity contribution is 0.206. The van der Waals surface area contributed by atoms with Crippen LogP contribution in [0, 0.1) is 0 Å². The van der Waals surface area contributed by atoms with Gasteiger partial charge in [0.05, 0.1) is 0 Å². The van der Waals surface area contributed by atoms with Gasteiger partial charge >= 0.3 is 0 Å². The first-order valence-corrected chi connectivity index (χ1v) is 9.57. The third-order valence-electron chi connectivity index (χ3n) is 4.89. The summed E-state index contributed by atoms with van der Waals surface area (Å²) in [6.45, 7) is 2.08. The minimum atomic E-state index is -0.0321. The lowest BCUT2D eigenvalue weighted by atomic mass is 10.0. The van der Waals surface area contributed by atoms with E-state index in [2.05, 4.69) is 27.2 Å². The summed E-state index contributed by atoms with van der Waals surface area (Å²) in [6.07, 6.45) is 4.96. The maximum Gasteiger partial charge on any atom is 0.247 e. The summed E-state index contributed by atoms with van der Waals surface area (Å²) in [4.78, 5) is 2.46. The van der Waals surface area contributed by atoms with Crippen LogP contribution in [0.2, 0.25) is 5.02 Å². The monoisotopic (exact) mass is 367 g/mol. The molecule has 0 radical (unpaired) electrons. The van der Waals surface area contributed by atoms with Gasteiger partial charge < -0.3 is 4.42 Å². The molecule has 2 aromatic carbocycles. The van der Waals surface area contributed by atoms with Gasteiger partial charge in [-0.25, -0.2) is 0 Å². The highest BCUT2D eigenvalue weighted by atomic mass is 35.5. The Morgan fingerprint density at radius 1 is 0.846 bits per heavy atom. The molecule has 0 N–H and O–H groups in total. The van der Waals surface area contributed by atoms with Crippen molar-refractivity contribution in [2.75, 3.05) is 13.1 Å². The normalized spacial score (nSPS) is 17.0. The standard InChI is InChI=1S/C21H22ClN3O/c22-18-12-10-16(11-13-18)19(25-14-6-1-2-7-15-25)21-24-23-20(26-21)17-8-4-3-5-9-17/h3-5,8-13,19H,1-2,6-7,14-15H2/t19-/m0/s1. The third-order valence-corrected chi connectivity index (χ3v) is 5.14. The minimum Gasteiger partial charge on any atom is -0.419 e. The molecule has 1 fully saturated rings. The molecule has 3 aromatic rings. The van der Waals surface area contributed by atoms with Crippen molar-refractivity contribution in [3.63, 3.8) is 0 Å². The Hall–Kier alpha value is -2.17. The van der Waals surface area contributed by atoms with Gasteiger partial charge in [-0.2, -0.15) is 0 Å². The average Bonchev–Trinajstić information content (AvgIpc) is 3.00. The second-order valence-electron chi connectivity index (χ2n) is 6.72. The molecule has 2 heterocycles. The van der Waals surface area contributed by atoms with Crippen molar-refractivity contribution in [3.8, 4) is 11.5 Å². The molecule has 1 saturated heterocycles. The van der Waals surface area contributed by atoms with Crippen LogP contribution in [0.1, 0.15) is 43.2 Å². The molecule has 0 amide bonds. The molecule has 26 heavy (non-hydrogen) atoms. The molecule has 1 aromatic heterocycles. The first-order valence-electron chi connectivity index (χ1n) is 9.19. The first kappa shape index (κ1) is 17.3. The van der Waals surface area contributed by atoms with Crippen molar-refractivity contribution in [1.29, 1.82) is 0 Å². The average molecular weight is 368 g/mol. The maximum atomic E-state index is 6.11. The predicted molar refractivity (Wildman–Crippen MR) is 103 cm³/mol. The number of hydrogen-bond acceptors (Lipinski definition) is 4. The van der Waals surface area contributed by atoms with Crippen molar-refractivity contribution >= 4 is 11.6 Å². The van der Waals surface area contributed by atoms with Crippen LogP contribution >= 0.6 is 11.6 Å². The van der Waals surface area contributed by atoms with Crippen LogP contribution in [0.25, 0.3) is 11.5 Å². The van der Waals surface area contributed by atoms with E-state index in [1.807, 2.05) is 42.5 Å². The lowest BCUT2D eigenvalue weighted by Gasteiger charge is -2.28. The fourth-order valence-electron chi connectivity index (χ4n) is 3.55. The SMILES string of the molecule is Clc1ccc([C@@H](c2nnc(-c3ccccc3)o2)N2CCCCCC2)cc1. The van der Waals surface area contributed by atoms with E-state index < -0.39 is 0 Å². The van der Waals surface area contributed by atoms with Crippen molar-refractivity contribution in [1.82, 2.24) is 15.1 Å². The summed E-state index contributed by atoms with van der Waals surface area (Å²) in [7, 11) is 0. The van der Waals surface area contributed by atoms with E-state index in [1.54, 1.807) is 0 Å². The van der Waals surface area contributed by atoms with Crippen molar-refractivity contribution < 1.29 is 4.42 Å². The number of likely N-dealkylation sites (tertiary alicyclic amines) is 1. The van der Waals surface area contributed by atoms with Crippen LogP contribution in [0.4, 0.5) is 0 Å². The van der Waals surface area contributed by atoms with Gasteiger partial charge in [-0.3, -0.25) is 4.90 Å². The van der Waals surface area contributed by atoms with E-state index in [4.69, 9.17) is 16.0 Å². The van der Waals surface area contributed by atoms with Gasteiger partial charge in [-0.1, -0.05) is 54.8 Å². The largest absolute Gasteiger partial charge is 0.419 e. The van der Waals surface area contributed by atoms with E-state index in [9.17, 15) is 0 Å². The Bertz CT molecular complexity index is 824. The van der Waals surface area contributed by atoms with Crippen LogP contribution in [0.5, 0.6) is 0 Å². The molecular formula is C21H22ClN3O. The molecule has 0 spiro atoms. The Labute approximate surface area is 158 Å². The number of benzene rings is 2. The van der Waals surface area contributed by atoms with Crippen LogP contribution in [-0.2, 0) is 0 Å². The zero-order valence-corrected chi connectivity index (χ0v) is 15.4. The van der Waals surface area contributed by atoms with Gasteiger partial charge in [0, 0.05) is 10.6 Å². The first-order chi connectivity index (χ1) is 12.8. The van der Waals surface area contributed by atoms with E-state index in [-0.39, 0.29) is 6.04 Å². The second kappa shape index (κ2) is 8.02. The summed E-state index contributed by atoms with van der Waals surface area (Å²) < 4.78 is 6.11. The molecule has 134 valence electrons. The van der Waals surface area contributed by atoms with Crippen molar-refractivity contribution in [2.24, 2.45) is 0 Å². The van der Waals surface area contributed by atoms with Crippen molar-refractivity contribution in [2.45, 2.75) is 31.7 Å². The summed E-state index contributed by atoms with van der Waals surface area (Å²) >= 11 is 6.09. The predicted octanol–water partition coefficient (Wildman–Crippen LogP) is 5.36. The summed E-state index contributed by atoms with van der Waals surface area (Å²) in [5.74, 6) is 1.21.